The summed E-state index contributed by atoms with van der Waals surface area (Å²) in [6.07, 6.45) is 5.76. The molecule has 0 radical (unpaired) electrons. The fourth-order valence-corrected chi connectivity index (χ4v) is 8.20. The van der Waals surface area contributed by atoms with Crippen molar-refractivity contribution in [3.8, 4) is 67.8 Å². The van der Waals surface area contributed by atoms with E-state index in [0.717, 1.165) is 58.0 Å². The molecule has 2 aliphatic rings. The highest BCUT2D eigenvalue weighted by atomic mass is 16.5. The van der Waals surface area contributed by atoms with Crippen molar-refractivity contribution < 1.29 is 14.2 Å². The minimum Gasteiger partial charge on any atom is -0.480 e. The Morgan fingerprint density at radius 3 is 1.33 bits per heavy atom. The minimum absolute atomic E-state index is 0.199. The normalized spacial score (nSPS) is 15.1. The first-order valence-corrected chi connectivity index (χ1v) is 19.5. The van der Waals surface area contributed by atoms with Gasteiger partial charge in [-0.15, -0.1) is 0 Å². The third-order valence-electron chi connectivity index (χ3n) is 10.5. The quantitative estimate of drug-likeness (QED) is 0.171. The number of aromatic nitrogens is 2. The second-order valence-corrected chi connectivity index (χ2v) is 18.7. The summed E-state index contributed by atoms with van der Waals surface area (Å²) in [6.45, 7) is 22.2. The molecule has 0 saturated heterocycles. The number of pyridine rings is 2. The van der Waals surface area contributed by atoms with Crippen LogP contribution in [0.5, 0.6) is 23.0 Å². The number of hydrogen-bond donors (Lipinski definition) is 0. The summed E-state index contributed by atoms with van der Waals surface area (Å²) in [4.78, 5) is 9.71. The van der Waals surface area contributed by atoms with E-state index >= 15 is 0 Å². The molecule has 5 heteroatoms. The number of ether oxygens (including phenoxy) is 3. The molecule has 4 aromatic carbocycles. The Bertz CT molecular complexity index is 2270. The molecular weight excluding hydrogens is 677 g/mol. The van der Waals surface area contributed by atoms with Crippen LogP contribution in [0.4, 0.5) is 0 Å². The number of hydrogen-bond acceptors (Lipinski definition) is 5. The lowest BCUT2D eigenvalue weighted by Gasteiger charge is -2.36. The summed E-state index contributed by atoms with van der Waals surface area (Å²) in [5, 5.41) is 0. The van der Waals surface area contributed by atoms with Gasteiger partial charge in [0.1, 0.15) is 34.1 Å². The average Bonchev–Trinajstić information content (AvgIpc) is 3.10. The van der Waals surface area contributed by atoms with Gasteiger partial charge in [0.25, 0.3) is 0 Å². The summed E-state index contributed by atoms with van der Waals surface area (Å²) in [5.41, 5.74) is 12.3. The van der Waals surface area contributed by atoms with Crippen LogP contribution in [0.15, 0.2) is 109 Å². The molecule has 2 aromatic heterocycles. The van der Waals surface area contributed by atoms with Crippen molar-refractivity contribution in [3.05, 3.63) is 132 Å². The van der Waals surface area contributed by atoms with Crippen LogP contribution >= 0.6 is 0 Å². The molecule has 6 aromatic rings. The highest BCUT2D eigenvalue weighted by molar-refractivity contribution is 5.85. The SMILES string of the molecule is CC(C)(C)Cc1ccc2c(c1)C(C)(C)Oc1c-2ccnc1-c1cccc(Oc2cccc(-c3nccc4c3OC(C)(C)c3cc(CC(C)(C)C)ccc3-4)c2)c1. The molecule has 0 saturated carbocycles. The van der Waals surface area contributed by atoms with Crippen LogP contribution in [0.1, 0.15) is 91.5 Å². The van der Waals surface area contributed by atoms with Gasteiger partial charge in [0.05, 0.1) is 0 Å². The molecule has 280 valence electrons. The average molecular weight is 729 g/mol. The van der Waals surface area contributed by atoms with Gasteiger partial charge in [0, 0.05) is 45.8 Å². The Labute approximate surface area is 326 Å². The van der Waals surface area contributed by atoms with Gasteiger partial charge in [0.15, 0.2) is 11.5 Å². The zero-order chi connectivity index (χ0) is 38.9. The zero-order valence-electron chi connectivity index (χ0n) is 33.9. The van der Waals surface area contributed by atoms with Gasteiger partial charge >= 0.3 is 0 Å². The topological polar surface area (TPSA) is 53.5 Å². The van der Waals surface area contributed by atoms with Crippen molar-refractivity contribution in [1.29, 1.82) is 0 Å². The zero-order valence-corrected chi connectivity index (χ0v) is 33.9. The fourth-order valence-electron chi connectivity index (χ4n) is 8.20. The maximum absolute atomic E-state index is 6.82. The van der Waals surface area contributed by atoms with Crippen LogP contribution in [0.25, 0.3) is 44.8 Å². The Balaban J connectivity index is 1.10. The predicted octanol–water partition coefficient (Wildman–Crippen LogP) is 13.4. The molecule has 5 nitrogen and oxygen atoms in total. The third kappa shape index (κ3) is 7.25. The standard InChI is InChI=1S/C50H52N2O3/c1-47(2,3)29-31-17-19-37-39-21-23-51-43(45(39)54-49(7,8)41(37)25-31)33-13-11-15-35(27-33)53-36-16-12-14-34(28-36)44-46-40(22-24-52-44)38-20-18-32(30-48(4,5)6)26-42(38)50(9,10)55-46/h11-28H,29-30H2,1-10H3. The summed E-state index contributed by atoms with van der Waals surface area (Å²) >= 11 is 0. The van der Waals surface area contributed by atoms with Gasteiger partial charge < -0.3 is 14.2 Å². The van der Waals surface area contributed by atoms with Crippen molar-refractivity contribution in [1.82, 2.24) is 9.97 Å². The molecule has 55 heavy (non-hydrogen) atoms. The van der Waals surface area contributed by atoms with Gasteiger partial charge in [-0.05, 0) is 110 Å². The number of fused-ring (bicyclic) bond motifs is 6. The van der Waals surface area contributed by atoms with E-state index in [-0.39, 0.29) is 10.8 Å². The van der Waals surface area contributed by atoms with Gasteiger partial charge in [-0.3, -0.25) is 9.97 Å². The van der Waals surface area contributed by atoms with Crippen molar-refractivity contribution >= 4 is 0 Å². The lowest BCUT2D eigenvalue weighted by molar-refractivity contribution is 0.105. The molecule has 0 fully saturated rings. The molecule has 0 bridgehead atoms. The van der Waals surface area contributed by atoms with E-state index in [1.807, 2.05) is 48.8 Å². The minimum atomic E-state index is -0.524. The van der Waals surface area contributed by atoms with E-state index < -0.39 is 11.2 Å². The molecule has 0 aliphatic carbocycles. The molecular formula is C50H52N2O3. The number of rotatable bonds is 6. The smallest absolute Gasteiger partial charge is 0.154 e. The highest BCUT2D eigenvalue weighted by Gasteiger charge is 2.36. The highest BCUT2D eigenvalue weighted by Crippen LogP contribution is 2.51. The number of nitrogens with zero attached hydrogens (tertiary/aromatic N) is 2. The van der Waals surface area contributed by atoms with Gasteiger partial charge in [-0.25, -0.2) is 0 Å². The summed E-state index contributed by atoms with van der Waals surface area (Å²) < 4.78 is 20.2. The van der Waals surface area contributed by atoms with E-state index in [0.29, 0.717) is 11.5 Å². The Hall–Kier alpha value is -5.42. The molecule has 0 spiro atoms. The molecule has 0 amide bonds. The Morgan fingerprint density at radius 1 is 0.509 bits per heavy atom. The largest absolute Gasteiger partial charge is 0.480 e. The summed E-state index contributed by atoms with van der Waals surface area (Å²) in [6, 6.07) is 33.9. The van der Waals surface area contributed by atoms with Crippen LogP contribution in [-0.2, 0) is 24.0 Å². The van der Waals surface area contributed by atoms with E-state index in [1.165, 1.54) is 33.4 Å². The van der Waals surface area contributed by atoms with Crippen molar-refractivity contribution in [3.63, 3.8) is 0 Å². The lowest BCUT2D eigenvalue weighted by Crippen LogP contribution is -2.30. The summed E-state index contributed by atoms with van der Waals surface area (Å²) in [5.74, 6) is 2.99. The van der Waals surface area contributed by atoms with Crippen LogP contribution in [0.3, 0.4) is 0 Å². The first-order chi connectivity index (χ1) is 25.9. The molecule has 2 aliphatic heterocycles. The van der Waals surface area contributed by atoms with E-state index in [2.05, 4.69) is 130 Å². The third-order valence-corrected chi connectivity index (χ3v) is 10.5. The predicted molar refractivity (Wildman–Crippen MR) is 224 cm³/mol. The molecule has 4 heterocycles. The fraction of sp³-hybridized carbons (Fsp3) is 0.320. The second kappa shape index (κ2) is 13.1. The van der Waals surface area contributed by atoms with Crippen LogP contribution in [0.2, 0.25) is 0 Å². The molecule has 0 unspecified atom stereocenters. The molecule has 0 N–H and O–H groups in total. The summed E-state index contributed by atoms with van der Waals surface area (Å²) in [7, 11) is 0. The maximum atomic E-state index is 6.82. The first kappa shape index (κ1) is 36.6. The van der Waals surface area contributed by atoms with Crippen molar-refractivity contribution in [2.24, 2.45) is 10.8 Å². The van der Waals surface area contributed by atoms with Crippen molar-refractivity contribution in [2.45, 2.75) is 93.3 Å². The van der Waals surface area contributed by atoms with Crippen LogP contribution < -0.4 is 14.2 Å². The van der Waals surface area contributed by atoms with E-state index in [9.17, 15) is 0 Å². The first-order valence-electron chi connectivity index (χ1n) is 19.5. The van der Waals surface area contributed by atoms with Crippen LogP contribution in [0, 0.1) is 10.8 Å². The molecule has 8 rings (SSSR count). The Kier molecular flexibility index (Phi) is 8.71. The number of benzene rings is 4. The molecule has 0 atom stereocenters. The lowest BCUT2D eigenvalue weighted by atomic mass is 9.81. The van der Waals surface area contributed by atoms with Gasteiger partial charge in [0.2, 0.25) is 0 Å². The van der Waals surface area contributed by atoms with Crippen molar-refractivity contribution in [2.75, 3.05) is 0 Å². The van der Waals surface area contributed by atoms with E-state index in [4.69, 9.17) is 24.2 Å². The van der Waals surface area contributed by atoms with E-state index in [1.54, 1.807) is 0 Å². The van der Waals surface area contributed by atoms with Gasteiger partial charge in [-0.1, -0.05) is 102 Å². The second-order valence-electron chi connectivity index (χ2n) is 18.7. The monoisotopic (exact) mass is 728 g/mol. The Morgan fingerprint density at radius 2 is 0.927 bits per heavy atom. The maximum Gasteiger partial charge on any atom is 0.154 e. The van der Waals surface area contributed by atoms with Gasteiger partial charge in [-0.2, -0.15) is 0 Å². The van der Waals surface area contributed by atoms with Crippen LogP contribution in [-0.4, -0.2) is 9.97 Å².